The molecule has 0 aromatic rings. The summed E-state index contributed by atoms with van der Waals surface area (Å²) in [6.45, 7) is 2.65. The summed E-state index contributed by atoms with van der Waals surface area (Å²) in [5.41, 5.74) is 0. The Morgan fingerprint density at radius 2 is 2.17 bits per heavy atom. The normalized spacial score (nSPS) is 24.3. The lowest BCUT2D eigenvalue weighted by Gasteiger charge is -2.28. The molecule has 0 atom stereocenters. The van der Waals surface area contributed by atoms with Crippen molar-refractivity contribution in [3.05, 3.63) is 0 Å². The first-order valence-electron chi connectivity index (χ1n) is 4.73. The molecule has 3 nitrogen and oxygen atoms in total. The van der Waals surface area contributed by atoms with Crippen LogP contribution in [-0.4, -0.2) is 25.7 Å². The van der Waals surface area contributed by atoms with Crippen LogP contribution in [0.25, 0.3) is 0 Å². The smallest absolute Gasteiger partial charge is 0.308 e. The number of rotatable bonds is 3. The molecular weight excluding hydrogens is 154 g/mol. The van der Waals surface area contributed by atoms with Crippen LogP contribution in [0.2, 0.25) is 0 Å². The molecule has 0 aromatic heterocycles. The van der Waals surface area contributed by atoms with Crippen LogP contribution in [0.1, 0.15) is 19.3 Å². The molecule has 0 aromatic carbocycles. The largest absolute Gasteiger partial charge is 0.465 e. The van der Waals surface area contributed by atoms with E-state index in [0.717, 1.165) is 25.9 Å². The summed E-state index contributed by atoms with van der Waals surface area (Å²) in [5, 5.41) is 3.15. The molecule has 1 N–H and O–H groups in total. The summed E-state index contributed by atoms with van der Waals surface area (Å²) in [4.78, 5) is 11.2. The van der Waals surface area contributed by atoms with E-state index in [-0.39, 0.29) is 11.9 Å². The molecule has 0 bridgehead atoms. The Bertz CT molecular complexity index is 173. The molecule has 2 aliphatic rings. The zero-order valence-electron chi connectivity index (χ0n) is 7.21. The Hall–Kier alpha value is -0.570. The van der Waals surface area contributed by atoms with Crippen LogP contribution in [-0.2, 0) is 9.53 Å². The summed E-state index contributed by atoms with van der Waals surface area (Å²) in [6, 6.07) is 0. The van der Waals surface area contributed by atoms with E-state index in [2.05, 4.69) is 5.32 Å². The minimum Gasteiger partial charge on any atom is -0.465 e. The van der Waals surface area contributed by atoms with Gasteiger partial charge in [0, 0.05) is 19.0 Å². The van der Waals surface area contributed by atoms with E-state index >= 15 is 0 Å². The SMILES string of the molecule is O=C(OCC1CNC1)C1CCC1. The molecule has 1 aliphatic heterocycles. The Kier molecular flexibility index (Phi) is 2.30. The van der Waals surface area contributed by atoms with E-state index in [4.69, 9.17) is 4.74 Å². The molecule has 2 rings (SSSR count). The van der Waals surface area contributed by atoms with Gasteiger partial charge in [-0.2, -0.15) is 0 Å². The van der Waals surface area contributed by atoms with Crippen LogP contribution in [0.4, 0.5) is 0 Å². The van der Waals surface area contributed by atoms with Gasteiger partial charge in [0.2, 0.25) is 0 Å². The minimum atomic E-state index is 0.0353. The number of ether oxygens (including phenoxy) is 1. The first kappa shape index (κ1) is 8.05. The average molecular weight is 169 g/mol. The maximum atomic E-state index is 11.2. The van der Waals surface area contributed by atoms with Gasteiger partial charge in [-0.1, -0.05) is 6.42 Å². The van der Waals surface area contributed by atoms with E-state index < -0.39 is 0 Å². The van der Waals surface area contributed by atoms with Crippen molar-refractivity contribution in [1.82, 2.24) is 5.32 Å². The predicted octanol–water partition coefficient (Wildman–Crippen LogP) is 0.549. The fourth-order valence-electron chi connectivity index (χ4n) is 1.43. The van der Waals surface area contributed by atoms with Gasteiger partial charge in [-0.15, -0.1) is 0 Å². The van der Waals surface area contributed by atoms with Gasteiger partial charge in [-0.25, -0.2) is 0 Å². The molecule has 1 saturated heterocycles. The van der Waals surface area contributed by atoms with Crippen molar-refractivity contribution in [3.8, 4) is 0 Å². The highest BCUT2D eigenvalue weighted by Crippen LogP contribution is 2.27. The summed E-state index contributed by atoms with van der Waals surface area (Å²) < 4.78 is 5.17. The van der Waals surface area contributed by atoms with Gasteiger partial charge in [-0.3, -0.25) is 4.79 Å². The average Bonchev–Trinajstić information content (AvgIpc) is 1.79. The first-order valence-corrected chi connectivity index (χ1v) is 4.73. The molecule has 1 heterocycles. The quantitative estimate of drug-likeness (QED) is 0.627. The van der Waals surface area contributed by atoms with Gasteiger partial charge >= 0.3 is 5.97 Å². The molecule has 1 aliphatic carbocycles. The van der Waals surface area contributed by atoms with Crippen molar-refractivity contribution in [2.24, 2.45) is 11.8 Å². The fraction of sp³-hybridized carbons (Fsp3) is 0.889. The van der Waals surface area contributed by atoms with Gasteiger partial charge in [0.05, 0.1) is 12.5 Å². The van der Waals surface area contributed by atoms with Crippen LogP contribution in [0, 0.1) is 11.8 Å². The van der Waals surface area contributed by atoms with Crippen LogP contribution in [0.15, 0.2) is 0 Å². The minimum absolute atomic E-state index is 0.0353. The second-order valence-corrected chi connectivity index (χ2v) is 3.78. The van der Waals surface area contributed by atoms with Crippen molar-refractivity contribution in [1.29, 1.82) is 0 Å². The molecular formula is C9H15NO2. The zero-order chi connectivity index (χ0) is 8.39. The van der Waals surface area contributed by atoms with Crippen LogP contribution in [0.3, 0.4) is 0 Å². The van der Waals surface area contributed by atoms with E-state index in [0.29, 0.717) is 12.5 Å². The van der Waals surface area contributed by atoms with Crippen molar-refractivity contribution in [3.63, 3.8) is 0 Å². The van der Waals surface area contributed by atoms with Crippen molar-refractivity contribution >= 4 is 5.97 Å². The molecule has 2 fully saturated rings. The molecule has 0 spiro atoms. The van der Waals surface area contributed by atoms with E-state index in [1.807, 2.05) is 0 Å². The maximum Gasteiger partial charge on any atom is 0.308 e. The van der Waals surface area contributed by atoms with Crippen LogP contribution >= 0.6 is 0 Å². The molecule has 0 unspecified atom stereocenters. The Labute approximate surface area is 72.5 Å². The highest BCUT2D eigenvalue weighted by Gasteiger charge is 2.28. The van der Waals surface area contributed by atoms with E-state index in [9.17, 15) is 4.79 Å². The number of carbonyl (C=O) groups is 1. The number of esters is 1. The van der Waals surface area contributed by atoms with Crippen molar-refractivity contribution in [2.75, 3.05) is 19.7 Å². The fourth-order valence-corrected chi connectivity index (χ4v) is 1.43. The third-order valence-corrected chi connectivity index (χ3v) is 2.77. The van der Waals surface area contributed by atoms with E-state index in [1.54, 1.807) is 0 Å². The van der Waals surface area contributed by atoms with Gasteiger partial charge in [-0.05, 0) is 12.8 Å². The Morgan fingerprint density at radius 1 is 1.42 bits per heavy atom. The van der Waals surface area contributed by atoms with Gasteiger partial charge in [0.25, 0.3) is 0 Å². The van der Waals surface area contributed by atoms with Crippen LogP contribution in [0.5, 0.6) is 0 Å². The van der Waals surface area contributed by atoms with Gasteiger partial charge < -0.3 is 10.1 Å². The monoisotopic (exact) mass is 169 g/mol. The predicted molar refractivity (Wildman–Crippen MR) is 44.7 cm³/mol. The molecule has 3 heteroatoms. The summed E-state index contributed by atoms with van der Waals surface area (Å²) >= 11 is 0. The standard InChI is InChI=1S/C9H15NO2/c11-9(8-2-1-3-8)12-6-7-4-10-5-7/h7-8,10H,1-6H2. The first-order chi connectivity index (χ1) is 5.86. The van der Waals surface area contributed by atoms with Crippen LogP contribution < -0.4 is 5.32 Å². The summed E-state index contributed by atoms with van der Waals surface area (Å²) in [7, 11) is 0. The van der Waals surface area contributed by atoms with Gasteiger partial charge in [0.15, 0.2) is 0 Å². The number of hydrogen-bond donors (Lipinski definition) is 1. The lowest BCUT2D eigenvalue weighted by molar-refractivity contribution is -0.153. The highest BCUT2D eigenvalue weighted by molar-refractivity contribution is 5.73. The molecule has 0 amide bonds. The number of nitrogens with one attached hydrogen (secondary N) is 1. The molecule has 0 radical (unpaired) electrons. The number of carbonyl (C=O) groups excluding carboxylic acids is 1. The van der Waals surface area contributed by atoms with Crippen molar-refractivity contribution < 1.29 is 9.53 Å². The van der Waals surface area contributed by atoms with Crippen molar-refractivity contribution in [2.45, 2.75) is 19.3 Å². The Morgan fingerprint density at radius 3 is 2.58 bits per heavy atom. The lowest BCUT2D eigenvalue weighted by Crippen LogP contribution is -2.45. The zero-order valence-corrected chi connectivity index (χ0v) is 7.21. The third kappa shape index (κ3) is 1.61. The van der Waals surface area contributed by atoms with E-state index in [1.165, 1.54) is 6.42 Å². The Balaban J connectivity index is 1.61. The second-order valence-electron chi connectivity index (χ2n) is 3.78. The third-order valence-electron chi connectivity index (χ3n) is 2.77. The number of hydrogen-bond acceptors (Lipinski definition) is 3. The van der Waals surface area contributed by atoms with Gasteiger partial charge in [0.1, 0.15) is 0 Å². The summed E-state index contributed by atoms with van der Waals surface area (Å²) in [6.07, 6.45) is 3.29. The molecule has 12 heavy (non-hydrogen) atoms. The molecule has 68 valence electrons. The maximum absolute atomic E-state index is 11.2. The highest BCUT2D eigenvalue weighted by atomic mass is 16.5. The molecule has 1 saturated carbocycles. The summed E-state index contributed by atoms with van der Waals surface area (Å²) in [5.74, 6) is 0.847. The topological polar surface area (TPSA) is 38.3 Å². The lowest BCUT2D eigenvalue weighted by atomic mass is 9.86. The second kappa shape index (κ2) is 3.44.